The van der Waals surface area contributed by atoms with Gasteiger partial charge in [-0.2, -0.15) is 0 Å². The molecule has 60 heavy (non-hydrogen) atoms. The minimum absolute atomic E-state index is 0.159. The van der Waals surface area contributed by atoms with Crippen molar-refractivity contribution in [3.05, 3.63) is 214 Å². The second kappa shape index (κ2) is 24.6. The molecule has 12 heteroatoms. The Morgan fingerprint density at radius 2 is 0.867 bits per heavy atom. The maximum absolute atomic E-state index is 10.7. The number of benzene rings is 5. The summed E-state index contributed by atoms with van der Waals surface area (Å²) in [7, 11) is -2.23. The first-order valence-corrected chi connectivity index (χ1v) is 21.2. The lowest BCUT2D eigenvalue weighted by atomic mass is 9.67. The lowest BCUT2D eigenvalue weighted by Crippen LogP contribution is -2.48. The van der Waals surface area contributed by atoms with Crippen LogP contribution >= 0.6 is 31.9 Å². The third kappa shape index (κ3) is 13.8. The van der Waals surface area contributed by atoms with E-state index in [4.69, 9.17) is 23.8 Å². The van der Waals surface area contributed by atoms with Crippen molar-refractivity contribution in [3.8, 4) is 23.3 Å². The monoisotopic (exact) mass is 932 g/mol. The van der Waals surface area contributed by atoms with Crippen LogP contribution in [0.2, 0.25) is 0 Å². The Hall–Kier alpha value is -5.50. The first kappa shape index (κ1) is 45.6. The van der Waals surface area contributed by atoms with E-state index in [0.717, 1.165) is 26.9 Å². The van der Waals surface area contributed by atoms with E-state index in [-0.39, 0.29) is 12.0 Å². The van der Waals surface area contributed by atoms with Crippen molar-refractivity contribution >= 4 is 39.2 Å². The van der Waals surface area contributed by atoms with Crippen molar-refractivity contribution in [1.29, 1.82) is 0 Å². The molecule has 308 valence electrons. The standard InChI is InChI=1S/C22H21BO3.2C13H13BrNO2/c24-23(25)26-18-10-17-22(19-11-4-1-5-12-19,20-13-6-2-7-14-20)21-15-8-3-9-16-21;2*1-2-16-15-10-4-3-5-13(15)17-12-8-6-11(14)7-9-12/h1-9,11-16H,10,17-18H2;2*3-10H,2H2,1H3/q-2;2*+1. The number of hydrogen-bond donors (Lipinski definition) is 0. The average Bonchev–Trinajstić information content (AvgIpc) is 3.28. The number of ether oxygens (including phenoxy) is 2. The van der Waals surface area contributed by atoms with Gasteiger partial charge in [0.1, 0.15) is 11.5 Å². The molecule has 0 spiro atoms. The Kier molecular flexibility index (Phi) is 18.7. The van der Waals surface area contributed by atoms with Crippen molar-refractivity contribution in [1.82, 2.24) is 0 Å². The zero-order valence-corrected chi connectivity index (χ0v) is 36.7. The van der Waals surface area contributed by atoms with Crippen LogP contribution in [-0.2, 0) is 10.1 Å². The minimum atomic E-state index is -2.23. The van der Waals surface area contributed by atoms with Crippen molar-refractivity contribution < 1.29 is 43.3 Å². The largest absolute Gasteiger partial charge is 0.871 e. The Morgan fingerprint density at radius 1 is 0.500 bits per heavy atom. The van der Waals surface area contributed by atoms with Crippen LogP contribution in [0, 0.1) is 0 Å². The molecule has 0 fully saturated rings. The maximum atomic E-state index is 10.7. The summed E-state index contributed by atoms with van der Waals surface area (Å²) in [6.45, 7) is 5.20. The fourth-order valence-electron chi connectivity index (χ4n) is 6.34. The zero-order valence-electron chi connectivity index (χ0n) is 33.5. The van der Waals surface area contributed by atoms with E-state index in [9.17, 15) is 10.0 Å². The number of halogens is 2. The Balaban J connectivity index is 0.000000177. The zero-order chi connectivity index (χ0) is 42.4. The Morgan fingerprint density at radius 3 is 1.22 bits per heavy atom. The average molecular weight is 935 g/mol. The van der Waals surface area contributed by atoms with Crippen molar-refractivity contribution in [2.75, 3.05) is 19.8 Å². The van der Waals surface area contributed by atoms with Gasteiger partial charge in [0, 0.05) is 42.6 Å². The molecular weight excluding hydrogens is 887 g/mol. The summed E-state index contributed by atoms with van der Waals surface area (Å²) >= 11 is 6.77. The van der Waals surface area contributed by atoms with Gasteiger partial charge >= 0.3 is 11.8 Å². The van der Waals surface area contributed by atoms with Gasteiger partial charge in [-0.25, -0.2) is 0 Å². The fourth-order valence-corrected chi connectivity index (χ4v) is 6.87. The van der Waals surface area contributed by atoms with Crippen LogP contribution in [0.15, 0.2) is 197 Å². The molecule has 0 atom stereocenters. The molecule has 0 bridgehead atoms. The summed E-state index contributed by atoms with van der Waals surface area (Å²) in [4.78, 5) is 10.8. The summed E-state index contributed by atoms with van der Waals surface area (Å²) < 4.78 is 21.5. The molecule has 0 saturated heterocycles. The molecule has 5 aromatic carbocycles. The van der Waals surface area contributed by atoms with Crippen LogP contribution < -0.4 is 38.7 Å². The molecule has 0 aliphatic heterocycles. The van der Waals surface area contributed by atoms with Gasteiger partial charge in [0.05, 0.1) is 19.5 Å². The van der Waals surface area contributed by atoms with Gasteiger partial charge in [-0.15, -0.1) is 0 Å². The lowest BCUT2D eigenvalue weighted by Gasteiger charge is -2.37. The molecular formula is C48H47BBr2N2O7. The number of aromatic nitrogens is 2. The fraction of sp³-hybridized carbons (Fsp3) is 0.167. The number of pyridine rings is 2. The molecule has 0 aliphatic rings. The number of rotatable bonds is 16. The van der Waals surface area contributed by atoms with Crippen LogP contribution in [0.3, 0.4) is 0 Å². The van der Waals surface area contributed by atoms with Gasteiger partial charge in [-0.05, 0) is 104 Å². The summed E-state index contributed by atoms with van der Waals surface area (Å²) in [6.07, 6.45) is 4.98. The van der Waals surface area contributed by atoms with Crippen molar-refractivity contribution in [2.45, 2.75) is 32.1 Å². The second-order valence-corrected chi connectivity index (χ2v) is 14.8. The first-order chi connectivity index (χ1) is 29.3. The highest BCUT2D eigenvalue weighted by atomic mass is 79.9. The molecule has 2 aromatic heterocycles. The van der Waals surface area contributed by atoms with Crippen LogP contribution in [0.4, 0.5) is 0 Å². The van der Waals surface area contributed by atoms with Gasteiger partial charge in [0.15, 0.2) is 13.2 Å². The van der Waals surface area contributed by atoms with Crippen LogP contribution in [0.1, 0.15) is 43.4 Å². The first-order valence-electron chi connectivity index (χ1n) is 19.6. The Bertz CT molecular complexity index is 2070. The van der Waals surface area contributed by atoms with Crippen molar-refractivity contribution in [2.24, 2.45) is 0 Å². The van der Waals surface area contributed by atoms with E-state index < -0.39 is 7.32 Å². The molecule has 7 rings (SSSR count). The third-order valence-corrected chi connectivity index (χ3v) is 9.99. The van der Waals surface area contributed by atoms with Gasteiger partial charge in [0.25, 0.3) is 0 Å². The Labute approximate surface area is 369 Å². The highest BCUT2D eigenvalue weighted by Crippen LogP contribution is 2.43. The molecule has 0 unspecified atom stereocenters. The summed E-state index contributed by atoms with van der Waals surface area (Å²) in [5.74, 6) is 2.84. The molecule has 0 N–H and O–H groups in total. The van der Waals surface area contributed by atoms with Gasteiger partial charge in [-0.1, -0.05) is 123 Å². The van der Waals surface area contributed by atoms with E-state index >= 15 is 0 Å². The second-order valence-electron chi connectivity index (χ2n) is 12.9. The number of nitrogens with zero attached hydrogens (tertiary/aromatic N) is 2. The summed E-state index contributed by atoms with van der Waals surface area (Å²) in [5.41, 5.74) is 3.17. The van der Waals surface area contributed by atoms with E-state index in [1.807, 2.05) is 166 Å². The van der Waals surface area contributed by atoms with E-state index in [1.165, 1.54) is 16.7 Å². The molecule has 0 amide bonds. The molecule has 0 radical (unpaired) electrons. The minimum Gasteiger partial charge on any atom is -0.871 e. The smallest absolute Gasteiger partial charge is 0.422 e. The predicted molar refractivity (Wildman–Crippen MR) is 236 cm³/mol. The van der Waals surface area contributed by atoms with Crippen LogP contribution in [-0.4, -0.2) is 27.1 Å². The molecule has 0 saturated carbocycles. The van der Waals surface area contributed by atoms with Crippen LogP contribution in [0.25, 0.3) is 0 Å². The summed E-state index contributed by atoms with van der Waals surface area (Å²) in [6, 6.07) is 57.7. The van der Waals surface area contributed by atoms with Gasteiger partial charge < -0.3 is 24.2 Å². The van der Waals surface area contributed by atoms with E-state index in [1.54, 1.807) is 9.46 Å². The quantitative estimate of drug-likeness (QED) is 0.0415. The van der Waals surface area contributed by atoms with Gasteiger partial charge in [-0.3, -0.25) is 9.68 Å². The summed E-state index contributed by atoms with van der Waals surface area (Å²) in [5, 5.41) is 21.4. The van der Waals surface area contributed by atoms with Gasteiger partial charge in [0.2, 0.25) is 12.4 Å². The van der Waals surface area contributed by atoms with Crippen LogP contribution in [0.5, 0.6) is 23.3 Å². The lowest BCUT2D eigenvalue weighted by molar-refractivity contribution is -0.892. The van der Waals surface area contributed by atoms with Crippen molar-refractivity contribution in [3.63, 3.8) is 0 Å². The topological polar surface area (TPSA) is 100 Å². The highest BCUT2D eigenvalue weighted by Gasteiger charge is 2.35. The normalized spacial score (nSPS) is 10.6. The van der Waals surface area contributed by atoms with E-state index in [0.29, 0.717) is 31.4 Å². The number of hydrogen-bond acceptors (Lipinski definition) is 7. The molecule has 2 heterocycles. The SMILES string of the molecule is CCO[n+]1ccccc1Oc1ccc(Br)cc1.CCO[n+]1ccccc1Oc1ccc(Br)cc1.[O-]B([O-])OCCCC(c1ccccc1)(c1ccccc1)c1ccccc1. The molecule has 9 nitrogen and oxygen atoms in total. The highest BCUT2D eigenvalue weighted by molar-refractivity contribution is 9.10. The third-order valence-electron chi connectivity index (χ3n) is 8.94. The predicted octanol–water partition coefficient (Wildman–Crippen LogP) is 8.48. The maximum Gasteiger partial charge on any atom is 0.422 e. The van der Waals surface area contributed by atoms with E-state index in [2.05, 4.69) is 68.3 Å². The molecule has 7 aromatic rings. The molecule has 0 aliphatic carbocycles.